The summed E-state index contributed by atoms with van der Waals surface area (Å²) in [5.74, 6) is 0.0165. The highest BCUT2D eigenvalue weighted by Crippen LogP contribution is 2.13. The lowest BCUT2D eigenvalue weighted by molar-refractivity contribution is -0.132. The standard InChI is InChI=1S/C16H20N2O4/c1-12-10-18(8-9-21-12)16(20)7-4-13-2-5-14(6-3-13)22-11-15(17)19/h2-7,12H,8-11H2,1H3,(H2,17,19)/b7-4+/t12-/m1/s1. The maximum Gasteiger partial charge on any atom is 0.255 e. The number of primary amides is 1. The molecular formula is C16H20N2O4. The number of nitrogens with zero attached hydrogens (tertiary/aromatic N) is 1. The second-order valence-corrected chi connectivity index (χ2v) is 5.12. The van der Waals surface area contributed by atoms with E-state index in [1.54, 1.807) is 29.2 Å². The molecule has 1 fully saturated rings. The molecule has 1 aromatic carbocycles. The molecule has 0 aliphatic carbocycles. The van der Waals surface area contributed by atoms with Crippen LogP contribution in [0, 0.1) is 0 Å². The first-order valence-corrected chi connectivity index (χ1v) is 7.14. The summed E-state index contributed by atoms with van der Waals surface area (Å²) in [6.45, 7) is 3.61. The minimum absolute atomic E-state index is 0.0239. The van der Waals surface area contributed by atoms with E-state index in [4.69, 9.17) is 15.2 Å². The van der Waals surface area contributed by atoms with E-state index in [2.05, 4.69) is 0 Å². The van der Waals surface area contributed by atoms with Crippen LogP contribution in [0.2, 0.25) is 0 Å². The molecule has 2 amide bonds. The second kappa shape index (κ2) is 7.61. The number of benzene rings is 1. The molecule has 2 rings (SSSR count). The van der Waals surface area contributed by atoms with Gasteiger partial charge in [0.05, 0.1) is 12.7 Å². The minimum atomic E-state index is -0.519. The van der Waals surface area contributed by atoms with Gasteiger partial charge in [0.1, 0.15) is 5.75 Å². The Kier molecular flexibility index (Phi) is 5.55. The third-order valence-electron chi connectivity index (χ3n) is 3.23. The van der Waals surface area contributed by atoms with Gasteiger partial charge in [0.2, 0.25) is 5.91 Å². The van der Waals surface area contributed by atoms with E-state index in [1.165, 1.54) is 0 Å². The molecule has 6 heteroatoms. The van der Waals surface area contributed by atoms with Crippen molar-refractivity contribution in [3.63, 3.8) is 0 Å². The summed E-state index contributed by atoms with van der Waals surface area (Å²) in [7, 11) is 0. The van der Waals surface area contributed by atoms with E-state index in [0.717, 1.165) is 5.56 Å². The van der Waals surface area contributed by atoms with Crippen molar-refractivity contribution in [2.24, 2.45) is 5.73 Å². The van der Waals surface area contributed by atoms with E-state index in [1.807, 2.05) is 19.1 Å². The molecule has 1 aliphatic rings. The first-order chi connectivity index (χ1) is 10.5. The summed E-state index contributed by atoms with van der Waals surface area (Å²) in [5.41, 5.74) is 5.88. The fourth-order valence-corrected chi connectivity index (χ4v) is 2.12. The van der Waals surface area contributed by atoms with Crippen molar-refractivity contribution < 1.29 is 19.1 Å². The lowest BCUT2D eigenvalue weighted by Gasteiger charge is -2.30. The van der Waals surface area contributed by atoms with Crippen molar-refractivity contribution in [3.8, 4) is 5.75 Å². The molecule has 0 aromatic heterocycles. The topological polar surface area (TPSA) is 81.9 Å². The van der Waals surface area contributed by atoms with Crippen molar-refractivity contribution in [2.45, 2.75) is 13.0 Å². The largest absolute Gasteiger partial charge is 0.484 e. The predicted molar refractivity (Wildman–Crippen MR) is 82.2 cm³/mol. The summed E-state index contributed by atoms with van der Waals surface area (Å²) in [4.78, 5) is 24.5. The van der Waals surface area contributed by atoms with Gasteiger partial charge in [0, 0.05) is 19.2 Å². The molecule has 0 bridgehead atoms. The van der Waals surface area contributed by atoms with Gasteiger partial charge in [0.25, 0.3) is 5.91 Å². The fourth-order valence-electron chi connectivity index (χ4n) is 2.12. The van der Waals surface area contributed by atoms with Crippen LogP contribution in [0.25, 0.3) is 6.08 Å². The third-order valence-corrected chi connectivity index (χ3v) is 3.23. The zero-order chi connectivity index (χ0) is 15.9. The molecule has 22 heavy (non-hydrogen) atoms. The van der Waals surface area contributed by atoms with Crippen LogP contribution >= 0.6 is 0 Å². The highest BCUT2D eigenvalue weighted by atomic mass is 16.5. The molecule has 1 heterocycles. The number of hydrogen-bond donors (Lipinski definition) is 1. The number of rotatable bonds is 5. The van der Waals surface area contributed by atoms with Gasteiger partial charge in [0.15, 0.2) is 6.61 Å². The second-order valence-electron chi connectivity index (χ2n) is 5.12. The quantitative estimate of drug-likeness (QED) is 0.816. The Bertz CT molecular complexity index is 554. The number of carbonyl (C=O) groups excluding carboxylic acids is 2. The zero-order valence-corrected chi connectivity index (χ0v) is 12.5. The summed E-state index contributed by atoms with van der Waals surface area (Å²) < 4.78 is 10.6. The first-order valence-electron chi connectivity index (χ1n) is 7.14. The summed E-state index contributed by atoms with van der Waals surface area (Å²) >= 11 is 0. The molecular weight excluding hydrogens is 284 g/mol. The monoisotopic (exact) mass is 304 g/mol. The van der Waals surface area contributed by atoms with Gasteiger partial charge in [-0.3, -0.25) is 9.59 Å². The van der Waals surface area contributed by atoms with Crippen molar-refractivity contribution in [1.82, 2.24) is 4.90 Å². The van der Waals surface area contributed by atoms with Crippen LogP contribution in [0.1, 0.15) is 12.5 Å². The Balaban J connectivity index is 1.89. The molecule has 2 N–H and O–H groups in total. The number of ether oxygens (including phenoxy) is 2. The van der Waals surface area contributed by atoms with Gasteiger partial charge in [-0.2, -0.15) is 0 Å². The van der Waals surface area contributed by atoms with Crippen molar-refractivity contribution in [1.29, 1.82) is 0 Å². The SMILES string of the molecule is C[C@@H]1CN(C(=O)/C=C/c2ccc(OCC(N)=O)cc2)CCO1. The average Bonchev–Trinajstić information content (AvgIpc) is 2.51. The van der Waals surface area contributed by atoms with Gasteiger partial charge in [-0.15, -0.1) is 0 Å². The minimum Gasteiger partial charge on any atom is -0.484 e. The van der Waals surface area contributed by atoms with Crippen LogP contribution in [0.3, 0.4) is 0 Å². The van der Waals surface area contributed by atoms with Crippen LogP contribution < -0.4 is 10.5 Å². The number of amides is 2. The van der Waals surface area contributed by atoms with Gasteiger partial charge >= 0.3 is 0 Å². The van der Waals surface area contributed by atoms with E-state index in [0.29, 0.717) is 25.4 Å². The van der Waals surface area contributed by atoms with E-state index in [9.17, 15) is 9.59 Å². The first kappa shape index (κ1) is 16.0. The number of morpholine rings is 1. The van der Waals surface area contributed by atoms with Crippen LogP contribution in [0.4, 0.5) is 0 Å². The van der Waals surface area contributed by atoms with Gasteiger partial charge in [-0.1, -0.05) is 12.1 Å². The van der Waals surface area contributed by atoms with Gasteiger partial charge in [-0.05, 0) is 30.7 Å². The van der Waals surface area contributed by atoms with Crippen molar-refractivity contribution >= 4 is 17.9 Å². The Morgan fingerprint density at radius 1 is 1.41 bits per heavy atom. The third kappa shape index (κ3) is 4.89. The van der Waals surface area contributed by atoms with Crippen LogP contribution in [0.5, 0.6) is 5.75 Å². The highest BCUT2D eigenvalue weighted by molar-refractivity contribution is 5.91. The maximum absolute atomic E-state index is 12.1. The Labute approximate surface area is 129 Å². The highest BCUT2D eigenvalue weighted by Gasteiger charge is 2.19. The molecule has 0 unspecified atom stereocenters. The van der Waals surface area contributed by atoms with Crippen molar-refractivity contribution in [3.05, 3.63) is 35.9 Å². The van der Waals surface area contributed by atoms with Crippen LogP contribution in [-0.4, -0.2) is 49.1 Å². The maximum atomic E-state index is 12.1. The molecule has 0 saturated carbocycles. The van der Waals surface area contributed by atoms with Gasteiger partial charge < -0.3 is 20.1 Å². The van der Waals surface area contributed by atoms with Gasteiger partial charge in [-0.25, -0.2) is 0 Å². The molecule has 118 valence electrons. The average molecular weight is 304 g/mol. The normalized spacial score (nSPS) is 18.4. The summed E-state index contributed by atoms with van der Waals surface area (Å²) in [6.07, 6.45) is 3.38. The zero-order valence-electron chi connectivity index (χ0n) is 12.5. The molecule has 1 atom stereocenters. The van der Waals surface area contributed by atoms with E-state index >= 15 is 0 Å². The summed E-state index contributed by atoms with van der Waals surface area (Å²) in [5, 5.41) is 0. The number of carbonyl (C=O) groups is 2. The Hall–Kier alpha value is -2.34. The summed E-state index contributed by atoms with van der Waals surface area (Å²) in [6, 6.07) is 7.07. The molecule has 0 radical (unpaired) electrons. The number of hydrogen-bond acceptors (Lipinski definition) is 4. The Morgan fingerprint density at radius 3 is 2.77 bits per heavy atom. The van der Waals surface area contributed by atoms with Crippen molar-refractivity contribution in [2.75, 3.05) is 26.3 Å². The smallest absolute Gasteiger partial charge is 0.255 e. The Morgan fingerprint density at radius 2 is 2.14 bits per heavy atom. The lowest BCUT2D eigenvalue weighted by atomic mass is 10.2. The van der Waals surface area contributed by atoms with Crippen LogP contribution in [-0.2, 0) is 14.3 Å². The molecule has 1 aromatic rings. The molecule has 1 aliphatic heterocycles. The number of nitrogens with two attached hydrogens (primary N) is 1. The molecule has 6 nitrogen and oxygen atoms in total. The molecule has 1 saturated heterocycles. The lowest BCUT2D eigenvalue weighted by Crippen LogP contribution is -2.43. The molecule has 0 spiro atoms. The van der Waals surface area contributed by atoms with E-state index in [-0.39, 0.29) is 18.6 Å². The van der Waals surface area contributed by atoms with Crippen LogP contribution in [0.15, 0.2) is 30.3 Å². The fraction of sp³-hybridized carbons (Fsp3) is 0.375. The predicted octanol–water partition coefficient (Wildman–Crippen LogP) is 0.811. The van der Waals surface area contributed by atoms with E-state index < -0.39 is 5.91 Å².